The van der Waals surface area contributed by atoms with E-state index in [9.17, 15) is 0 Å². The van der Waals surface area contributed by atoms with E-state index in [0.717, 1.165) is 51.0 Å². The number of anilines is 1. The summed E-state index contributed by atoms with van der Waals surface area (Å²) in [4.78, 5) is 9.66. The number of piperazine rings is 1. The Hall–Kier alpha value is -2.15. The highest BCUT2D eigenvalue weighted by molar-refractivity contribution is 5.54. The number of benzene rings is 1. The Kier molecular flexibility index (Phi) is 6.56. The molecule has 2 saturated heterocycles. The third-order valence-corrected chi connectivity index (χ3v) is 6.51. The lowest BCUT2D eigenvalue weighted by Gasteiger charge is -2.39. The molecule has 0 aliphatic carbocycles. The lowest BCUT2D eigenvalue weighted by Crippen LogP contribution is -2.46. The molecule has 0 spiro atoms. The van der Waals surface area contributed by atoms with Crippen LogP contribution in [0.5, 0.6) is 5.75 Å². The fraction of sp³-hybridized carbons (Fsp3) is 0.542. The average molecular weight is 411 g/mol. The largest absolute Gasteiger partial charge is 0.493 e. The molecule has 6 nitrogen and oxygen atoms in total. The number of pyridine rings is 1. The van der Waals surface area contributed by atoms with Gasteiger partial charge in [-0.25, -0.2) is 4.98 Å². The van der Waals surface area contributed by atoms with Crippen LogP contribution in [0.25, 0.3) is 0 Å². The van der Waals surface area contributed by atoms with Crippen LogP contribution in [0.2, 0.25) is 0 Å². The van der Waals surface area contributed by atoms with Gasteiger partial charge in [0.2, 0.25) is 0 Å². The topological polar surface area (TPSA) is 49.9 Å². The summed E-state index contributed by atoms with van der Waals surface area (Å²) in [5.41, 5.74) is 3.93. The van der Waals surface area contributed by atoms with Crippen LogP contribution in [0.15, 0.2) is 36.5 Å². The van der Waals surface area contributed by atoms with E-state index in [2.05, 4.69) is 66.2 Å². The molecule has 1 aromatic carbocycles. The Labute approximate surface area is 180 Å². The van der Waals surface area contributed by atoms with Crippen LogP contribution in [-0.4, -0.2) is 62.4 Å². The van der Waals surface area contributed by atoms with E-state index in [4.69, 9.17) is 14.5 Å². The maximum absolute atomic E-state index is 5.76. The molecule has 6 heteroatoms. The van der Waals surface area contributed by atoms with Gasteiger partial charge in [-0.05, 0) is 43.5 Å². The number of methoxy groups -OCH3 is 1. The third-order valence-electron chi connectivity index (χ3n) is 6.51. The monoisotopic (exact) mass is 410 g/mol. The normalized spacial score (nSPS) is 23.9. The van der Waals surface area contributed by atoms with Gasteiger partial charge < -0.3 is 19.7 Å². The van der Waals surface area contributed by atoms with Crippen molar-refractivity contribution in [1.82, 2.24) is 15.2 Å². The van der Waals surface area contributed by atoms with Crippen molar-refractivity contribution in [3.8, 4) is 5.75 Å². The van der Waals surface area contributed by atoms with Crippen molar-refractivity contribution in [1.29, 1.82) is 0 Å². The van der Waals surface area contributed by atoms with E-state index in [1.807, 2.05) is 6.20 Å². The maximum atomic E-state index is 5.76. The van der Waals surface area contributed by atoms with Crippen LogP contribution < -0.4 is 15.0 Å². The molecule has 3 heterocycles. The molecule has 2 fully saturated rings. The van der Waals surface area contributed by atoms with Crippen molar-refractivity contribution in [2.24, 2.45) is 0 Å². The van der Waals surface area contributed by atoms with E-state index < -0.39 is 0 Å². The summed E-state index contributed by atoms with van der Waals surface area (Å²) in [6, 6.07) is 11.8. The smallest absolute Gasteiger partial charge is 0.171 e. The fourth-order valence-corrected chi connectivity index (χ4v) is 4.61. The van der Waals surface area contributed by atoms with Crippen LogP contribution in [-0.2, 0) is 4.74 Å². The highest BCUT2D eigenvalue weighted by atomic mass is 16.5. The van der Waals surface area contributed by atoms with Crippen LogP contribution >= 0.6 is 0 Å². The van der Waals surface area contributed by atoms with E-state index in [-0.39, 0.29) is 6.04 Å². The predicted molar refractivity (Wildman–Crippen MR) is 120 cm³/mol. The SMILES string of the molecule is COc1cc([C@H](C)N2CCN[C@H](c3ccccc3C)C2)cnc1N1CCOC[C@@H]1C. The Morgan fingerprint density at radius 1 is 1.27 bits per heavy atom. The zero-order chi connectivity index (χ0) is 21.1. The average Bonchev–Trinajstić information content (AvgIpc) is 2.79. The lowest BCUT2D eigenvalue weighted by molar-refractivity contribution is 0.0982. The number of rotatable bonds is 5. The molecule has 2 aliphatic rings. The Morgan fingerprint density at radius 2 is 2.10 bits per heavy atom. The molecular weight excluding hydrogens is 376 g/mol. The summed E-state index contributed by atoms with van der Waals surface area (Å²) < 4.78 is 11.3. The van der Waals surface area contributed by atoms with Crippen LogP contribution in [0.1, 0.15) is 42.6 Å². The summed E-state index contributed by atoms with van der Waals surface area (Å²) in [6.07, 6.45) is 2.02. The van der Waals surface area contributed by atoms with E-state index in [0.29, 0.717) is 12.1 Å². The molecule has 162 valence electrons. The fourth-order valence-electron chi connectivity index (χ4n) is 4.61. The molecule has 4 rings (SSSR count). The van der Waals surface area contributed by atoms with Gasteiger partial charge in [-0.3, -0.25) is 4.90 Å². The Morgan fingerprint density at radius 3 is 2.87 bits per heavy atom. The molecule has 30 heavy (non-hydrogen) atoms. The summed E-state index contributed by atoms with van der Waals surface area (Å²) in [5, 5.41) is 3.69. The van der Waals surface area contributed by atoms with Gasteiger partial charge in [0.25, 0.3) is 0 Å². The van der Waals surface area contributed by atoms with Crippen molar-refractivity contribution in [2.75, 3.05) is 51.4 Å². The van der Waals surface area contributed by atoms with E-state index in [1.165, 1.54) is 16.7 Å². The summed E-state index contributed by atoms with van der Waals surface area (Å²) in [6.45, 7) is 11.9. The second kappa shape index (κ2) is 9.33. The first-order valence-corrected chi connectivity index (χ1v) is 11.0. The number of aromatic nitrogens is 1. The zero-order valence-electron chi connectivity index (χ0n) is 18.6. The first-order chi connectivity index (χ1) is 14.6. The van der Waals surface area contributed by atoms with Crippen molar-refractivity contribution >= 4 is 5.82 Å². The number of hydrogen-bond donors (Lipinski definition) is 1. The van der Waals surface area contributed by atoms with Gasteiger partial charge in [-0.1, -0.05) is 24.3 Å². The molecule has 0 amide bonds. The standard InChI is InChI=1S/C24H34N4O2/c1-17-7-5-6-8-21(17)22-15-27(10-9-25-22)19(3)20-13-23(29-4)24(26-14-20)28-11-12-30-16-18(28)2/h5-8,13-14,18-19,22,25H,9-12,15-16H2,1-4H3/t18-,19-,22-/m0/s1. The van der Waals surface area contributed by atoms with Crippen molar-refractivity contribution in [3.63, 3.8) is 0 Å². The van der Waals surface area contributed by atoms with Gasteiger partial charge >= 0.3 is 0 Å². The first-order valence-electron chi connectivity index (χ1n) is 11.0. The van der Waals surface area contributed by atoms with Gasteiger partial charge in [0.05, 0.1) is 26.4 Å². The molecule has 0 radical (unpaired) electrons. The van der Waals surface area contributed by atoms with Gasteiger partial charge in [-0.15, -0.1) is 0 Å². The van der Waals surface area contributed by atoms with Gasteiger partial charge in [0, 0.05) is 44.5 Å². The number of hydrogen-bond acceptors (Lipinski definition) is 6. The lowest BCUT2D eigenvalue weighted by atomic mass is 9.98. The molecular formula is C24H34N4O2. The molecule has 0 bridgehead atoms. The number of aryl methyl sites for hydroxylation is 1. The highest BCUT2D eigenvalue weighted by Crippen LogP contribution is 2.33. The number of ether oxygens (including phenoxy) is 2. The van der Waals surface area contributed by atoms with Crippen molar-refractivity contribution in [3.05, 3.63) is 53.2 Å². The minimum absolute atomic E-state index is 0.274. The Bertz CT molecular complexity index is 859. The van der Waals surface area contributed by atoms with Crippen LogP contribution in [0.4, 0.5) is 5.82 Å². The molecule has 1 N–H and O–H groups in total. The predicted octanol–water partition coefficient (Wildman–Crippen LogP) is 3.33. The Balaban J connectivity index is 1.52. The summed E-state index contributed by atoms with van der Waals surface area (Å²) in [7, 11) is 1.74. The number of nitrogens with zero attached hydrogens (tertiary/aromatic N) is 3. The number of morpholine rings is 1. The first kappa shape index (κ1) is 21.1. The zero-order valence-corrected chi connectivity index (χ0v) is 18.6. The van der Waals surface area contributed by atoms with Gasteiger partial charge in [-0.2, -0.15) is 0 Å². The van der Waals surface area contributed by atoms with Gasteiger partial charge in [0.15, 0.2) is 11.6 Å². The molecule has 0 unspecified atom stereocenters. The second-order valence-electron chi connectivity index (χ2n) is 8.45. The second-order valence-corrected chi connectivity index (χ2v) is 8.45. The molecule has 3 atom stereocenters. The van der Waals surface area contributed by atoms with Crippen molar-refractivity contribution in [2.45, 2.75) is 38.9 Å². The molecule has 2 aromatic rings. The van der Waals surface area contributed by atoms with Crippen molar-refractivity contribution < 1.29 is 9.47 Å². The molecule has 1 aromatic heterocycles. The van der Waals surface area contributed by atoms with E-state index >= 15 is 0 Å². The van der Waals surface area contributed by atoms with Crippen LogP contribution in [0.3, 0.4) is 0 Å². The quantitative estimate of drug-likeness (QED) is 0.816. The summed E-state index contributed by atoms with van der Waals surface area (Å²) >= 11 is 0. The maximum Gasteiger partial charge on any atom is 0.171 e. The highest BCUT2D eigenvalue weighted by Gasteiger charge is 2.28. The van der Waals surface area contributed by atoms with Gasteiger partial charge in [0.1, 0.15) is 0 Å². The molecule has 0 saturated carbocycles. The molecule has 2 aliphatic heterocycles. The third kappa shape index (κ3) is 4.31. The van der Waals surface area contributed by atoms with Crippen LogP contribution in [0, 0.1) is 6.92 Å². The minimum atomic E-state index is 0.274. The van der Waals surface area contributed by atoms with E-state index in [1.54, 1.807) is 7.11 Å². The number of nitrogens with one attached hydrogen (secondary N) is 1. The minimum Gasteiger partial charge on any atom is -0.493 e. The summed E-state index contributed by atoms with van der Waals surface area (Å²) in [5.74, 6) is 1.76.